The second-order valence-electron chi connectivity index (χ2n) is 9.87. The van der Waals surface area contributed by atoms with Crippen molar-refractivity contribution in [3.05, 3.63) is 71.8 Å². The smallest absolute Gasteiger partial charge is 0.248 e. The SMILES string of the molecule is COCC(=O)N1CCN(Cc2cccc(OCCn3cncn3)c2)C[C@](O)(COc2ccc(C)c(C)c2)C1. The maximum absolute atomic E-state index is 12.7. The number of nitrogens with zero attached hydrogens (tertiary/aromatic N) is 5. The summed E-state index contributed by atoms with van der Waals surface area (Å²) < 4.78 is 18.7. The Bertz CT molecular complexity index is 1190. The molecule has 0 spiro atoms. The second-order valence-corrected chi connectivity index (χ2v) is 9.87. The lowest BCUT2D eigenvalue weighted by atomic mass is 10.0. The van der Waals surface area contributed by atoms with Crippen molar-refractivity contribution in [1.29, 1.82) is 0 Å². The van der Waals surface area contributed by atoms with Gasteiger partial charge in [0.05, 0.1) is 13.1 Å². The third-order valence-corrected chi connectivity index (χ3v) is 6.66. The van der Waals surface area contributed by atoms with Crippen molar-refractivity contribution in [3.63, 3.8) is 0 Å². The number of carbonyl (C=O) groups excluding carboxylic acids is 1. The lowest BCUT2D eigenvalue weighted by Gasteiger charge is -2.33. The molecule has 4 rings (SSSR count). The minimum Gasteiger partial charge on any atom is -0.492 e. The van der Waals surface area contributed by atoms with Crippen LogP contribution in [0.25, 0.3) is 0 Å². The number of amides is 1. The van der Waals surface area contributed by atoms with Crippen molar-refractivity contribution in [2.45, 2.75) is 32.5 Å². The van der Waals surface area contributed by atoms with Gasteiger partial charge in [0.25, 0.3) is 0 Å². The summed E-state index contributed by atoms with van der Waals surface area (Å²) in [5.74, 6) is 1.31. The number of hydrogen-bond acceptors (Lipinski definition) is 8. The first-order valence-electron chi connectivity index (χ1n) is 12.8. The fourth-order valence-electron chi connectivity index (χ4n) is 4.51. The number of β-amino-alcohol motifs (C(OH)–C–C–N with tert-alkyl or cyclic N) is 1. The van der Waals surface area contributed by atoms with E-state index >= 15 is 0 Å². The first-order valence-corrected chi connectivity index (χ1v) is 12.8. The summed E-state index contributed by atoms with van der Waals surface area (Å²) in [6, 6.07) is 13.8. The summed E-state index contributed by atoms with van der Waals surface area (Å²) >= 11 is 0. The molecule has 1 atom stereocenters. The van der Waals surface area contributed by atoms with Crippen LogP contribution in [0.15, 0.2) is 55.1 Å². The average molecular weight is 524 g/mol. The zero-order chi connectivity index (χ0) is 27.0. The molecule has 0 saturated carbocycles. The number of methoxy groups -OCH3 is 1. The number of carbonyl (C=O) groups is 1. The molecular weight excluding hydrogens is 486 g/mol. The van der Waals surface area contributed by atoms with Crippen molar-refractivity contribution < 1.29 is 24.1 Å². The van der Waals surface area contributed by atoms with Crippen molar-refractivity contribution >= 4 is 5.91 Å². The summed E-state index contributed by atoms with van der Waals surface area (Å²) in [6.45, 7) is 7.41. The van der Waals surface area contributed by atoms with E-state index < -0.39 is 5.60 Å². The maximum atomic E-state index is 12.7. The Hall–Kier alpha value is -3.47. The lowest BCUT2D eigenvalue weighted by Crippen LogP contribution is -2.52. The van der Waals surface area contributed by atoms with E-state index in [1.165, 1.54) is 19.0 Å². The summed E-state index contributed by atoms with van der Waals surface area (Å²) in [7, 11) is 1.50. The van der Waals surface area contributed by atoms with E-state index in [0.717, 1.165) is 16.9 Å². The van der Waals surface area contributed by atoms with Gasteiger partial charge in [-0.3, -0.25) is 9.69 Å². The molecule has 10 heteroatoms. The monoisotopic (exact) mass is 523 g/mol. The van der Waals surface area contributed by atoms with E-state index in [4.69, 9.17) is 14.2 Å². The number of aromatic nitrogens is 3. The van der Waals surface area contributed by atoms with Gasteiger partial charge in [0.2, 0.25) is 5.91 Å². The van der Waals surface area contributed by atoms with E-state index in [9.17, 15) is 9.90 Å². The molecule has 0 unspecified atom stereocenters. The van der Waals surface area contributed by atoms with E-state index in [1.54, 1.807) is 15.9 Å². The minimum absolute atomic E-state index is 0.0257. The third kappa shape index (κ3) is 7.77. The first-order chi connectivity index (χ1) is 18.3. The molecule has 2 aromatic carbocycles. The highest BCUT2D eigenvalue weighted by Crippen LogP contribution is 2.22. The average Bonchev–Trinajstić information content (AvgIpc) is 3.35. The van der Waals surface area contributed by atoms with Crippen LogP contribution in [0, 0.1) is 13.8 Å². The summed E-state index contributed by atoms with van der Waals surface area (Å²) in [5.41, 5.74) is 2.09. The van der Waals surface area contributed by atoms with Crippen molar-refractivity contribution in [1.82, 2.24) is 24.6 Å². The molecular formula is C28H37N5O5. The van der Waals surface area contributed by atoms with Crippen LogP contribution in [0.2, 0.25) is 0 Å². The molecule has 1 N–H and O–H groups in total. The zero-order valence-corrected chi connectivity index (χ0v) is 22.4. The van der Waals surface area contributed by atoms with Crippen LogP contribution in [-0.2, 0) is 22.6 Å². The maximum Gasteiger partial charge on any atom is 0.248 e. The van der Waals surface area contributed by atoms with Gasteiger partial charge < -0.3 is 24.2 Å². The molecule has 10 nitrogen and oxygen atoms in total. The van der Waals surface area contributed by atoms with Gasteiger partial charge in [0.15, 0.2) is 0 Å². The fraction of sp³-hybridized carbons (Fsp3) is 0.464. The fourth-order valence-corrected chi connectivity index (χ4v) is 4.51. The van der Waals surface area contributed by atoms with E-state index in [1.807, 2.05) is 56.3 Å². The van der Waals surface area contributed by atoms with Gasteiger partial charge in [0, 0.05) is 33.3 Å². The highest BCUT2D eigenvalue weighted by Gasteiger charge is 2.37. The highest BCUT2D eigenvalue weighted by atomic mass is 16.5. The predicted octanol–water partition coefficient (Wildman–Crippen LogP) is 2.07. The molecule has 1 amide bonds. The number of ether oxygens (including phenoxy) is 3. The molecule has 3 aromatic rings. The minimum atomic E-state index is -1.26. The molecule has 1 aliphatic rings. The Morgan fingerprint density at radius 1 is 1.05 bits per heavy atom. The molecule has 2 heterocycles. The topological polar surface area (TPSA) is 102 Å². The summed E-state index contributed by atoms with van der Waals surface area (Å²) in [5, 5.41) is 15.8. The van der Waals surface area contributed by atoms with Crippen LogP contribution in [0.1, 0.15) is 16.7 Å². The Labute approximate surface area is 223 Å². The molecule has 38 heavy (non-hydrogen) atoms. The van der Waals surface area contributed by atoms with Crippen molar-refractivity contribution in [3.8, 4) is 11.5 Å². The molecule has 1 saturated heterocycles. The highest BCUT2D eigenvalue weighted by molar-refractivity contribution is 5.77. The number of benzene rings is 2. The normalized spacial score (nSPS) is 18.3. The molecule has 1 aliphatic heterocycles. The molecule has 1 fully saturated rings. The van der Waals surface area contributed by atoms with Gasteiger partial charge in [0.1, 0.15) is 49.6 Å². The van der Waals surface area contributed by atoms with Gasteiger partial charge in [-0.05, 0) is 54.8 Å². The van der Waals surface area contributed by atoms with Crippen LogP contribution < -0.4 is 9.47 Å². The molecule has 204 valence electrons. The van der Waals surface area contributed by atoms with Crippen LogP contribution in [0.5, 0.6) is 11.5 Å². The first kappa shape index (κ1) is 27.6. The summed E-state index contributed by atoms with van der Waals surface area (Å²) in [6.07, 6.45) is 3.16. The quantitative estimate of drug-likeness (QED) is 0.408. The number of aliphatic hydroxyl groups is 1. The number of hydrogen-bond donors (Lipinski definition) is 1. The molecule has 1 aromatic heterocycles. The van der Waals surface area contributed by atoms with E-state index in [0.29, 0.717) is 45.1 Å². The van der Waals surface area contributed by atoms with E-state index in [2.05, 4.69) is 15.0 Å². The van der Waals surface area contributed by atoms with Gasteiger partial charge in [-0.15, -0.1) is 0 Å². The Morgan fingerprint density at radius 3 is 2.66 bits per heavy atom. The van der Waals surface area contributed by atoms with Gasteiger partial charge in [-0.25, -0.2) is 9.67 Å². The standard InChI is InChI=1S/C28H37N5O5/c1-22-7-8-26(13-23(22)2)38-19-28(35)17-31(9-10-32(18-28)27(34)16-36-3)15-24-5-4-6-25(14-24)37-12-11-33-21-29-20-30-33/h4-8,13-14,20-21,35H,9-12,15-19H2,1-3H3/t28-/m1/s1. The van der Waals surface area contributed by atoms with E-state index in [-0.39, 0.29) is 25.7 Å². The van der Waals surface area contributed by atoms with Crippen LogP contribution in [0.4, 0.5) is 0 Å². The Kier molecular flexibility index (Phi) is 9.33. The molecule has 0 bridgehead atoms. The number of rotatable bonds is 11. The van der Waals surface area contributed by atoms with Crippen LogP contribution in [0.3, 0.4) is 0 Å². The van der Waals surface area contributed by atoms with Gasteiger partial charge in [-0.2, -0.15) is 5.10 Å². The van der Waals surface area contributed by atoms with Crippen molar-refractivity contribution in [2.24, 2.45) is 0 Å². The Morgan fingerprint density at radius 2 is 1.89 bits per heavy atom. The van der Waals surface area contributed by atoms with Crippen LogP contribution in [-0.4, -0.2) is 94.3 Å². The number of aryl methyl sites for hydroxylation is 2. The zero-order valence-electron chi connectivity index (χ0n) is 22.4. The molecule has 0 radical (unpaired) electrons. The largest absolute Gasteiger partial charge is 0.492 e. The Balaban J connectivity index is 1.43. The lowest BCUT2D eigenvalue weighted by molar-refractivity contribution is -0.138. The van der Waals surface area contributed by atoms with Gasteiger partial charge >= 0.3 is 0 Å². The van der Waals surface area contributed by atoms with Gasteiger partial charge in [-0.1, -0.05) is 18.2 Å². The molecule has 0 aliphatic carbocycles. The van der Waals surface area contributed by atoms with Crippen molar-refractivity contribution in [2.75, 3.05) is 53.1 Å². The van der Waals surface area contributed by atoms with Crippen LogP contribution >= 0.6 is 0 Å². The second kappa shape index (κ2) is 12.9. The summed E-state index contributed by atoms with van der Waals surface area (Å²) in [4.78, 5) is 20.4. The predicted molar refractivity (Wildman–Crippen MR) is 142 cm³/mol. The third-order valence-electron chi connectivity index (χ3n) is 6.66.